The van der Waals surface area contributed by atoms with Gasteiger partial charge in [0.25, 0.3) is 0 Å². The Morgan fingerprint density at radius 2 is 1.43 bits per heavy atom. The van der Waals surface area contributed by atoms with E-state index in [9.17, 15) is 19.2 Å². The SMILES string of the molecule is NCC(=O)O.NCC(=O)O.N[C@@H](Cc1ccccc1)C(=O)O.O=C(O)[C@@H]1CCCN1. The van der Waals surface area contributed by atoms with Crippen molar-refractivity contribution in [3.63, 3.8) is 0 Å². The van der Waals surface area contributed by atoms with Gasteiger partial charge in [-0.3, -0.25) is 19.2 Å². The molecule has 0 saturated carbocycles. The van der Waals surface area contributed by atoms with Crippen molar-refractivity contribution in [1.29, 1.82) is 0 Å². The Labute approximate surface area is 173 Å². The number of hydrogen-bond donors (Lipinski definition) is 8. The van der Waals surface area contributed by atoms with E-state index in [0.717, 1.165) is 24.9 Å². The molecule has 30 heavy (non-hydrogen) atoms. The Kier molecular flexibility index (Phi) is 17.5. The van der Waals surface area contributed by atoms with Crippen LogP contribution in [0.25, 0.3) is 0 Å². The second kappa shape index (κ2) is 18.0. The quantitative estimate of drug-likeness (QED) is 0.258. The van der Waals surface area contributed by atoms with Crippen LogP contribution < -0.4 is 22.5 Å². The zero-order valence-electron chi connectivity index (χ0n) is 16.4. The summed E-state index contributed by atoms with van der Waals surface area (Å²) in [7, 11) is 0. The maximum absolute atomic E-state index is 10.4. The summed E-state index contributed by atoms with van der Waals surface area (Å²) in [6.45, 7) is 0.303. The molecule has 1 heterocycles. The van der Waals surface area contributed by atoms with Crippen molar-refractivity contribution in [3.05, 3.63) is 35.9 Å². The molecular weight excluding hydrogens is 400 g/mol. The highest BCUT2D eigenvalue weighted by atomic mass is 16.4. The lowest BCUT2D eigenvalue weighted by molar-refractivity contribution is -0.139. The van der Waals surface area contributed by atoms with Crippen molar-refractivity contribution < 1.29 is 39.6 Å². The van der Waals surface area contributed by atoms with Crippen LogP contribution in [0.1, 0.15) is 18.4 Å². The minimum Gasteiger partial charge on any atom is -0.480 e. The Morgan fingerprint density at radius 3 is 1.70 bits per heavy atom. The summed E-state index contributed by atoms with van der Waals surface area (Å²) < 4.78 is 0. The fourth-order valence-corrected chi connectivity index (χ4v) is 1.85. The van der Waals surface area contributed by atoms with Gasteiger partial charge in [0.2, 0.25) is 0 Å². The number of carboxylic acids is 4. The van der Waals surface area contributed by atoms with Gasteiger partial charge < -0.3 is 42.9 Å². The molecule has 1 fully saturated rings. The molecule has 1 saturated heterocycles. The predicted molar refractivity (Wildman–Crippen MR) is 108 cm³/mol. The van der Waals surface area contributed by atoms with Gasteiger partial charge in [0, 0.05) is 0 Å². The normalized spacial score (nSPS) is 15.0. The summed E-state index contributed by atoms with van der Waals surface area (Å²) in [5.41, 5.74) is 15.4. The van der Waals surface area contributed by atoms with Crippen molar-refractivity contribution in [1.82, 2.24) is 5.32 Å². The molecule has 0 spiro atoms. The number of nitrogens with one attached hydrogen (secondary N) is 1. The summed E-state index contributed by atoms with van der Waals surface area (Å²) in [6, 6.07) is 8.28. The molecule has 1 aromatic carbocycles. The van der Waals surface area contributed by atoms with E-state index in [2.05, 4.69) is 16.8 Å². The fourth-order valence-electron chi connectivity index (χ4n) is 1.85. The van der Waals surface area contributed by atoms with E-state index < -0.39 is 29.9 Å². The molecule has 0 amide bonds. The first-order chi connectivity index (χ1) is 14.0. The molecule has 0 aromatic heterocycles. The summed E-state index contributed by atoms with van der Waals surface area (Å²) in [5.74, 6) is -3.61. The van der Waals surface area contributed by atoms with Crippen LogP contribution in [0.4, 0.5) is 0 Å². The number of aliphatic carboxylic acids is 4. The molecule has 12 nitrogen and oxygen atoms in total. The molecule has 0 unspecified atom stereocenters. The standard InChI is InChI=1S/C9H11NO2.C5H9NO2.2C2H5NO2/c10-8(9(11)12)6-7-4-2-1-3-5-7;7-5(8)4-2-1-3-6-4;2*3-1-2(4)5/h1-5,8H,6,10H2,(H,11,12);4,6H,1-3H2,(H,7,8);2*1,3H2,(H,4,5)/t8-;4-;;/m00../s1. The first kappa shape index (κ1) is 29.1. The van der Waals surface area contributed by atoms with Crippen molar-refractivity contribution in [2.75, 3.05) is 19.6 Å². The van der Waals surface area contributed by atoms with Crippen LogP contribution in [0.15, 0.2) is 30.3 Å². The van der Waals surface area contributed by atoms with Gasteiger partial charge in [-0.15, -0.1) is 0 Å². The Hall–Kier alpha value is -3.06. The summed E-state index contributed by atoms with van der Waals surface area (Å²) >= 11 is 0. The van der Waals surface area contributed by atoms with Gasteiger partial charge in [-0.2, -0.15) is 0 Å². The van der Waals surface area contributed by atoms with Gasteiger partial charge in [0.15, 0.2) is 0 Å². The van der Waals surface area contributed by atoms with Crippen LogP contribution in [0.3, 0.4) is 0 Å². The Balaban J connectivity index is 0. The Bertz CT molecular complexity index is 622. The zero-order valence-corrected chi connectivity index (χ0v) is 16.4. The molecule has 12 heteroatoms. The molecule has 2 atom stereocenters. The van der Waals surface area contributed by atoms with E-state index in [0.29, 0.717) is 6.42 Å². The smallest absolute Gasteiger partial charge is 0.320 e. The minimum atomic E-state index is -0.968. The molecule has 2 rings (SSSR count). The average molecular weight is 430 g/mol. The van der Waals surface area contributed by atoms with Crippen LogP contribution >= 0.6 is 0 Å². The molecule has 1 aliphatic heterocycles. The number of hydrogen-bond acceptors (Lipinski definition) is 8. The van der Waals surface area contributed by atoms with E-state index in [1.54, 1.807) is 0 Å². The highest BCUT2D eigenvalue weighted by Crippen LogP contribution is 2.03. The third-order valence-electron chi connectivity index (χ3n) is 3.32. The molecule has 0 aliphatic carbocycles. The van der Waals surface area contributed by atoms with Gasteiger partial charge in [-0.1, -0.05) is 30.3 Å². The minimum absolute atomic E-state index is 0.269. The third-order valence-corrected chi connectivity index (χ3v) is 3.32. The fraction of sp³-hybridized carbons (Fsp3) is 0.444. The molecule has 11 N–H and O–H groups in total. The van der Waals surface area contributed by atoms with Gasteiger partial charge in [-0.05, 0) is 31.4 Å². The maximum Gasteiger partial charge on any atom is 0.320 e. The largest absolute Gasteiger partial charge is 0.480 e. The monoisotopic (exact) mass is 430 g/mol. The van der Waals surface area contributed by atoms with E-state index in [4.69, 9.17) is 26.2 Å². The first-order valence-electron chi connectivity index (χ1n) is 8.87. The van der Waals surface area contributed by atoms with Crippen molar-refractivity contribution >= 4 is 23.9 Å². The molecular formula is C18H30N4O8. The first-order valence-corrected chi connectivity index (χ1v) is 8.87. The second-order valence-corrected chi connectivity index (χ2v) is 5.82. The highest BCUT2D eigenvalue weighted by Gasteiger charge is 2.20. The van der Waals surface area contributed by atoms with Gasteiger partial charge in [0.05, 0.1) is 13.1 Å². The average Bonchev–Trinajstić information content (AvgIpc) is 3.25. The van der Waals surface area contributed by atoms with Crippen LogP contribution in [0, 0.1) is 0 Å². The van der Waals surface area contributed by atoms with Crippen LogP contribution in [-0.4, -0.2) is 76.0 Å². The van der Waals surface area contributed by atoms with E-state index in [1.807, 2.05) is 30.3 Å². The van der Waals surface area contributed by atoms with Crippen molar-refractivity contribution in [3.8, 4) is 0 Å². The van der Waals surface area contributed by atoms with E-state index >= 15 is 0 Å². The topological polar surface area (TPSA) is 239 Å². The third kappa shape index (κ3) is 18.3. The number of carboxylic acid groups (broad SMARTS) is 4. The summed E-state index contributed by atoms with van der Waals surface area (Å²) in [6.07, 6.45) is 2.17. The lowest BCUT2D eigenvalue weighted by Crippen LogP contribution is -2.32. The van der Waals surface area contributed by atoms with E-state index in [-0.39, 0.29) is 19.1 Å². The highest BCUT2D eigenvalue weighted by molar-refractivity contribution is 5.74. The lowest BCUT2D eigenvalue weighted by Gasteiger charge is -2.04. The van der Waals surface area contributed by atoms with Crippen LogP contribution in [0.5, 0.6) is 0 Å². The summed E-state index contributed by atoms with van der Waals surface area (Å²) in [5, 5.41) is 34.9. The number of benzene rings is 1. The number of rotatable bonds is 6. The molecule has 1 aliphatic rings. The Morgan fingerprint density at radius 1 is 0.967 bits per heavy atom. The number of nitrogens with two attached hydrogens (primary N) is 3. The molecule has 0 radical (unpaired) electrons. The van der Waals surface area contributed by atoms with Gasteiger partial charge in [0.1, 0.15) is 12.1 Å². The summed E-state index contributed by atoms with van der Waals surface area (Å²) in [4.78, 5) is 39.0. The van der Waals surface area contributed by atoms with Crippen molar-refractivity contribution in [2.24, 2.45) is 17.2 Å². The number of carbonyl (C=O) groups is 4. The van der Waals surface area contributed by atoms with Crippen LogP contribution in [-0.2, 0) is 25.6 Å². The second-order valence-electron chi connectivity index (χ2n) is 5.82. The van der Waals surface area contributed by atoms with Gasteiger partial charge >= 0.3 is 23.9 Å². The molecule has 1 aromatic rings. The van der Waals surface area contributed by atoms with Crippen LogP contribution in [0.2, 0.25) is 0 Å². The lowest BCUT2D eigenvalue weighted by atomic mass is 10.1. The maximum atomic E-state index is 10.4. The van der Waals surface area contributed by atoms with Crippen molar-refractivity contribution in [2.45, 2.75) is 31.3 Å². The zero-order chi connectivity index (χ0) is 23.5. The molecule has 0 bridgehead atoms. The predicted octanol–water partition coefficient (Wildman–Crippen LogP) is -1.48. The molecule has 170 valence electrons. The van der Waals surface area contributed by atoms with Gasteiger partial charge in [-0.25, -0.2) is 0 Å². The van der Waals surface area contributed by atoms with E-state index in [1.165, 1.54) is 0 Å².